The number of para-hydroxylation sites is 1. The number of thioether (sulfide) groups is 1. The molecule has 8 heteroatoms. The number of primary sulfonamides is 1. The summed E-state index contributed by atoms with van der Waals surface area (Å²) in [5, 5.41) is 13.2. The second-order valence-electron chi connectivity index (χ2n) is 3.30. The molecule has 0 saturated carbocycles. The van der Waals surface area contributed by atoms with Gasteiger partial charge in [-0.1, -0.05) is 23.9 Å². The minimum atomic E-state index is -3.43. The first-order chi connectivity index (χ1) is 8.04. The minimum Gasteiger partial charge on any atom is -0.229 e. The highest BCUT2D eigenvalue weighted by atomic mass is 32.2. The molecule has 1 aromatic heterocycles. The quantitative estimate of drug-likeness (QED) is 0.808. The van der Waals surface area contributed by atoms with E-state index >= 15 is 0 Å². The predicted octanol–water partition coefficient (Wildman–Crippen LogP) is 0.405. The number of benzene rings is 1. The molecule has 0 unspecified atom stereocenters. The van der Waals surface area contributed by atoms with Crippen LogP contribution in [0.5, 0.6) is 0 Å². The van der Waals surface area contributed by atoms with Gasteiger partial charge >= 0.3 is 0 Å². The van der Waals surface area contributed by atoms with Gasteiger partial charge in [0.1, 0.15) is 5.52 Å². The topological polar surface area (TPSA) is 98.8 Å². The molecule has 1 aromatic carbocycles. The van der Waals surface area contributed by atoms with Crippen molar-refractivity contribution in [3.05, 3.63) is 24.3 Å². The van der Waals surface area contributed by atoms with Gasteiger partial charge in [0, 0.05) is 5.75 Å². The smallest absolute Gasteiger partial charge is 0.209 e. The van der Waals surface area contributed by atoms with Crippen molar-refractivity contribution in [1.29, 1.82) is 0 Å². The number of hydrogen-bond acceptors (Lipinski definition) is 6. The third-order valence-electron chi connectivity index (χ3n) is 1.94. The largest absolute Gasteiger partial charge is 0.229 e. The molecule has 90 valence electrons. The monoisotopic (exact) mass is 270 g/mol. The second kappa shape index (κ2) is 4.94. The van der Waals surface area contributed by atoms with Crippen LogP contribution in [0, 0.1) is 0 Å². The zero-order valence-electron chi connectivity index (χ0n) is 8.78. The Balaban J connectivity index is 2.09. The Kier molecular flexibility index (Phi) is 3.55. The lowest BCUT2D eigenvalue weighted by Crippen LogP contribution is -2.17. The molecule has 0 saturated heterocycles. The summed E-state index contributed by atoms with van der Waals surface area (Å²) in [5.41, 5.74) is 1.45. The summed E-state index contributed by atoms with van der Waals surface area (Å²) >= 11 is 1.22. The first-order valence-electron chi connectivity index (χ1n) is 4.77. The Morgan fingerprint density at radius 2 is 1.88 bits per heavy atom. The molecule has 0 spiro atoms. The van der Waals surface area contributed by atoms with Crippen LogP contribution in [0.3, 0.4) is 0 Å². The van der Waals surface area contributed by atoms with Crippen molar-refractivity contribution in [3.8, 4) is 0 Å². The van der Waals surface area contributed by atoms with Gasteiger partial charge in [-0.05, 0) is 12.1 Å². The van der Waals surface area contributed by atoms with Crippen LogP contribution in [-0.2, 0) is 10.0 Å². The highest BCUT2D eigenvalue weighted by Gasteiger charge is 2.06. The fourth-order valence-corrected chi connectivity index (χ4v) is 2.88. The molecule has 0 bridgehead atoms. The van der Waals surface area contributed by atoms with Gasteiger partial charge in [-0.15, -0.1) is 10.2 Å². The Labute approximate surface area is 103 Å². The number of aromatic nitrogens is 3. The minimum absolute atomic E-state index is 0.103. The summed E-state index contributed by atoms with van der Waals surface area (Å²) in [6, 6.07) is 7.35. The molecule has 6 nitrogen and oxygen atoms in total. The normalized spacial score (nSPS) is 11.8. The number of nitrogens with two attached hydrogens (primary N) is 1. The maximum absolute atomic E-state index is 10.7. The van der Waals surface area contributed by atoms with Crippen molar-refractivity contribution in [2.75, 3.05) is 11.5 Å². The van der Waals surface area contributed by atoms with E-state index < -0.39 is 10.0 Å². The van der Waals surface area contributed by atoms with Crippen LogP contribution in [0.15, 0.2) is 29.4 Å². The molecule has 0 fully saturated rings. The number of nitrogens with zero attached hydrogens (tertiary/aromatic N) is 3. The van der Waals surface area contributed by atoms with Gasteiger partial charge in [0.25, 0.3) is 0 Å². The van der Waals surface area contributed by atoms with E-state index in [1.165, 1.54) is 11.8 Å². The van der Waals surface area contributed by atoms with E-state index in [-0.39, 0.29) is 5.75 Å². The molecular formula is C9H10N4O2S2. The number of hydrogen-bond donors (Lipinski definition) is 1. The van der Waals surface area contributed by atoms with Gasteiger partial charge in [-0.2, -0.15) is 0 Å². The molecule has 0 aliphatic carbocycles. The van der Waals surface area contributed by atoms with Crippen molar-refractivity contribution >= 4 is 32.8 Å². The van der Waals surface area contributed by atoms with Gasteiger partial charge in [0.2, 0.25) is 15.2 Å². The third-order valence-corrected chi connectivity index (χ3v) is 3.81. The first kappa shape index (κ1) is 12.2. The fourth-order valence-electron chi connectivity index (χ4n) is 1.18. The Bertz CT molecular complexity index is 630. The van der Waals surface area contributed by atoms with Crippen LogP contribution in [0.25, 0.3) is 11.0 Å². The number of rotatable bonds is 4. The molecular weight excluding hydrogens is 260 g/mol. The zero-order valence-corrected chi connectivity index (χ0v) is 10.4. The molecule has 0 aliphatic rings. The average Bonchev–Trinajstić information content (AvgIpc) is 2.27. The summed E-state index contributed by atoms with van der Waals surface area (Å²) in [5.74, 6) is 0.215. The molecule has 0 radical (unpaired) electrons. The van der Waals surface area contributed by atoms with E-state index in [1.807, 2.05) is 24.3 Å². The summed E-state index contributed by atoms with van der Waals surface area (Å²) < 4.78 is 21.5. The van der Waals surface area contributed by atoms with E-state index in [4.69, 9.17) is 5.14 Å². The van der Waals surface area contributed by atoms with E-state index in [9.17, 15) is 8.42 Å². The van der Waals surface area contributed by atoms with Gasteiger partial charge in [0.15, 0.2) is 0 Å². The van der Waals surface area contributed by atoms with Gasteiger partial charge in [0.05, 0.1) is 11.3 Å². The van der Waals surface area contributed by atoms with Crippen LogP contribution in [0.4, 0.5) is 0 Å². The molecule has 1 heterocycles. The van der Waals surface area contributed by atoms with Crippen LogP contribution in [0.2, 0.25) is 0 Å². The van der Waals surface area contributed by atoms with Crippen molar-refractivity contribution in [2.45, 2.75) is 5.16 Å². The maximum atomic E-state index is 10.7. The van der Waals surface area contributed by atoms with E-state index in [2.05, 4.69) is 15.2 Å². The number of sulfonamides is 1. The van der Waals surface area contributed by atoms with Crippen molar-refractivity contribution in [1.82, 2.24) is 15.2 Å². The van der Waals surface area contributed by atoms with Crippen LogP contribution >= 0.6 is 11.8 Å². The summed E-state index contributed by atoms with van der Waals surface area (Å²) in [7, 11) is -3.43. The zero-order chi connectivity index (χ0) is 12.3. The van der Waals surface area contributed by atoms with Crippen molar-refractivity contribution in [2.24, 2.45) is 5.14 Å². The Morgan fingerprint density at radius 1 is 1.18 bits per heavy atom. The Hall–Kier alpha value is -1.25. The summed E-state index contributed by atoms with van der Waals surface area (Å²) in [6.07, 6.45) is 0. The lowest BCUT2D eigenvalue weighted by molar-refractivity contribution is 0.599. The van der Waals surface area contributed by atoms with E-state index in [1.54, 1.807) is 0 Å². The summed E-state index contributed by atoms with van der Waals surface area (Å²) in [6.45, 7) is 0. The summed E-state index contributed by atoms with van der Waals surface area (Å²) in [4.78, 5) is 4.25. The maximum Gasteiger partial charge on any atom is 0.209 e. The van der Waals surface area contributed by atoms with Crippen LogP contribution in [0.1, 0.15) is 0 Å². The fraction of sp³-hybridized carbons (Fsp3) is 0.222. The number of fused-ring (bicyclic) bond motifs is 1. The van der Waals surface area contributed by atoms with Crippen molar-refractivity contribution < 1.29 is 8.42 Å². The SMILES string of the molecule is NS(=O)(=O)CCSc1nnc2ccccc2n1. The van der Waals surface area contributed by atoms with Crippen molar-refractivity contribution in [3.63, 3.8) is 0 Å². The van der Waals surface area contributed by atoms with Gasteiger partial charge < -0.3 is 0 Å². The van der Waals surface area contributed by atoms with Crippen LogP contribution in [-0.4, -0.2) is 35.1 Å². The molecule has 2 N–H and O–H groups in total. The first-order valence-corrected chi connectivity index (χ1v) is 7.47. The van der Waals surface area contributed by atoms with Gasteiger partial charge in [-0.3, -0.25) is 0 Å². The Morgan fingerprint density at radius 3 is 2.59 bits per heavy atom. The predicted molar refractivity (Wildman–Crippen MR) is 66.0 cm³/mol. The van der Waals surface area contributed by atoms with E-state index in [0.29, 0.717) is 16.4 Å². The highest BCUT2D eigenvalue weighted by Crippen LogP contribution is 2.15. The lowest BCUT2D eigenvalue weighted by Gasteiger charge is -2.00. The lowest BCUT2D eigenvalue weighted by atomic mass is 10.3. The molecule has 2 aromatic rings. The average molecular weight is 270 g/mol. The molecule has 2 rings (SSSR count). The van der Waals surface area contributed by atoms with E-state index in [0.717, 1.165) is 5.52 Å². The highest BCUT2D eigenvalue weighted by molar-refractivity contribution is 8.00. The third kappa shape index (κ3) is 3.62. The standard InChI is InChI=1S/C9H10N4O2S2/c10-17(14,15)6-5-16-9-11-7-3-1-2-4-8(7)12-13-9/h1-4H,5-6H2,(H2,10,14,15). The molecule has 0 amide bonds. The second-order valence-corrected chi connectivity index (χ2v) is 6.09. The molecule has 0 atom stereocenters. The molecule has 0 aliphatic heterocycles. The van der Waals surface area contributed by atoms with Crippen LogP contribution < -0.4 is 5.14 Å². The van der Waals surface area contributed by atoms with Gasteiger partial charge in [-0.25, -0.2) is 18.5 Å². The molecule has 17 heavy (non-hydrogen) atoms.